The molecule has 0 aliphatic heterocycles. The van der Waals surface area contributed by atoms with Crippen LogP contribution in [0.4, 0.5) is 0 Å². The van der Waals surface area contributed by atoms with Crippen molar-refractivity contribution in [3.63, 3.8) is 0 Å². The molecular weight excluding hydrogens is 284 g/mol. The maximum absolute atomic E-state index is 6.29. The van der Waals surface area contributed by atoms with E-state index in [1.807, 2.05) is 50.6 Å². The molecule has 3 rings (SSSR count). The van der Waals surface area contributed by atoms with Gasteiger partial charge in [0.25, 0.3) is 0 Å². The van der Waals surface area contributed by atoms with Gasteiger partial charge >= 0.3 is 0 Å². The molecule has 0 aliphatic rings. The van der Waals surface area contributed by atoms with Gasteiger partial charge in [-0.2, -0.15) is 0 Å². The molecule has 0 radical (unpaired) electrons. The summed E-state index contributed by atoms with van der Waals surface area (Å²) in [5, 5.41) is -0.143. The maximum atomic E-state index is 6.29. The molecule has 0 saturated carbocycles. The molecule has 0 spiro atoms. The normalized spacial score (nSPS) is 12.7. The minimum absolute atomic E-state index is 0.143. The monoisotopic (exact) mass is 300 g/mol. The molecule has 0 N–H and O–H groups in total. The molecule has 0 aliphatic carbocycles. The molecule has 3 heterocycles. The summed E-state index contributed by atoms with van der Waals surface area (Å²) in [5.74, 6) is 0.877. The zero-order valence-corrected chi connectivity index (χ0v) is 12.9. The molecule has 108 valence electrons. The van der Waals surface area contributed by atoms with Gasteiger partial charge in [-0.25, -0.2) is 9.97 Å². The highest BCUT2D eigenvalue weighted by Gasteiger charge is 2.16. The van der Waals surface area contributed by atoms with E-state index in [-0.39, 0.29) is 5.38 Å². The second-order valence-electron chi connectivity index (χ2n) is 5.14. The van der Waals surface area contributed by atoms with Crippen LogP contribution in [0, 0.1) is 6.92 Å². The largest absolute Gasteiger partial charge is 0.311 e. The third kappa shape index (κ3) is 2.76. The highest BCUT2D eigenvalue weighted by atomic mass is 35.5. The predicted octanol–water partition coefficient (Wildman–Crippen LogP) is 3.68. The van der Waals surface area contributed by atoms with E-state index in [1.165, 1.54) is 5.56 Å². The third-order valence-electron chi connectivity index (χ3n) is 3.59. The van der Waals surface area contributed by atoms with Gasteiger partial charge in [0.05, 0.1) is 5.38 Å². The number of alkyl halides is 1. The summed E-state index contributed by atoms with van der Waals surface area (Å²) in [6.07, 6.45) is 6.36. The smallest absolute Gasteiger partial charge is 0.160 e. The Labute approximate surface area is 128 Å². The van der Waals surface area contributed by atoms with Crippen LogP contribution in [0.2, 0.25) is 0 Å². The highest BCUT2D eigenvalue weighted by molar-refractivity contribution is 6.20. The molecule has 1 atom stereocenters. The van der Waals surface area contributed by atoms with Crippen LogP contribution >= 0.6 is 11.6 Å². The van der Waals surface area contributed by atoms with Crippen molar-refractivity contribution < 1.29 is 0 Å². The molecule has 0 saturated heterocycles. The Morgan fingerprint density at radius 1 is 1.19 bits per heavy atom. The Morgan fingerprint density at radius 2 is 1.95 bits per heavy atom. The minimum atomic E-state index is -0.143. The van der Waals surface area contributed by atoms with Crippen LogP contribution in [0.15, 0.2) is 36.8 Å². The molecule has 3 aromatic heterocycles. The van der Waals surface area contributed by atoms with E-state index >= 15 is 0 Å². The van der Waals surface area contributed by atoms with E-state index < -0.39 is 0 Å². The molecule has 0 amide bonds. The highest BCUT2D eigenvalue weighted by Crippen LogP contribution is 2.25. The predicted molar refractivity (Wildman–Crippen MR) is 84.5 cm³/mol. The van der Waals surface area contributed by atoms with Gasteiger partial charge in [-0.15, -0.1) is 11.6 Å². The van der Waals surface area contributed by atoms with E-state index in [1.54, 1.807) is 0 Å². The first-order valence-electron chi connectivity index (χ1n) is 7.01. The maximum Gasteiger partial charge on any atom is 0.160 e. The number of rotatable bonds is 4. The van der Waals surface area contributed by atoms with Gasteiger partial charge in [0.2, 0.25) is 0 Å². The Kier molecular flexibility index (Phi) is 3.88. The number of aromatic nitrogens is 4. The lowest BCUT2D eigenvalue weighted by Crippen LogP contribution is -2.07. The van der Waals surface area contributed by atoms with Crippen LogP contribution in [-0.4, -0.2) is 19.5 Å². The lowest BCUT2D eigenvalue weighted by Gasteiger charge is -2.09. The van der Waals surface area contributed by atoms with Crippen LogP contribution in [0.1, 0.15) is 29.3 Å². The van der Waals surface area contributed by atoms with E-state index in [9.17, 15) is 0 Å². The minimum Gasteiger partial charge on any atom is -0.311 e. The molecule has 0 fully saturated rings. The molecule has 4 nitrogen and oxygen atoms in total. The number of aryl methyl sites for hydroxylation is 3. The Morgan fingerprint density at radius 3 is 2.67 bits per heavy atom. The molecule has 0 bridgehead atoms. The fourth-order valence-electron chi connectivity index (χ4n) is 2.47. The first kappa shape index (κ1) is 14.0. The van der Waals surface area contributed by atoms with E-state index in [0.29, 0.717) is 0 Å². The summed E-state index contributed by atoms with van der Waals surface area (Å²) in [5.41, 5.74) is 4.22. The summed E-state index contributed by atoms with van der Waals surface area (Å²) in [7, 11) is 0. The van der Waals surface area contributed by atoms with Gasteiger partial charge in [0.15, 0.2) is 5.65 Å². The van der Waals surface area contributed by atoms with Gasteiger partial charge in [-0.3, -0.25) is 4.98 Å². The Balaban J connectivity index is 2.00. The zero-order chi connectivity index (χ0) is 14.8. The number of pyridine rings is 2. The summed E-state index contributed by atoms with van der Waals surface area (Å²) in [6.45, 7) is 4.80. The molecule has 3 aromatic rings. The molecule has 1 unspecified atom stereocenters. The summed E-state index contributed by atoms with van der Waals surface area (Å²) in [6, 6.07) is 6.04. The van der Waals surface area contributed by atoms with Gasteiger partial charge < -0.3 is 4.57 Å². The molecular formula is C16H17ClN4. The van der Waals surface area contributed by atoms with Gasteiger partial charge in [0.1, 0.15) is 11.3 Å². The van der Waals surface area contributed by atoms with Crippen molar-refractivity contribution >= 4 is 22.8 Å². The second kappa shape index (κ2) is 5.82. The summed E-state index contributed by atoms with van der Waals surface area (Å²) >= 11 is 6.29. The van der Waals surface area contributed by atoms with Crippen molar-refractivity contribution in [3.8, 4) is 0 Å². The van der Waals surface area contributed by atoms with Crippen LogP contribution in [-0.2, 0) is 13.0 Å². The lowest BCUT2D eigenvalue weighted by molar-refractivity contribution is 0.663. The lowest BCUT2D eigenvalue weighted by atomic mass is 10.2. The first-order chi connectivity index (χ1) is 10.2. The Hall–Kier alpha value is -1.94. The van der Waals surface area contributed by atoms with Crippen molar-refractivity contribution in [1.29, 1.82) is 0 Å². The third-order valence-corrected chi connectivity index (χ3v) is 3.79. The van der Waals surface area contributed by atoms with E-state index in [4.69, 9.17) is 11.6 Å². The number of halogens is 1. The zero-order valence-electron chi connectivity index (χ0n) is 12.1. The number of fused-ring (bicyclic) bond motifs is 1. The van der Waals surface area contributed by atoms with Crippen LogP contribution < -0.4 is 0 Å². The standard InChI is InChI=1S/C16H17ClN4/c1-11-3-9-19-16-14(11)20-15(12(2)17)21(16)10-6-13-4-7-18-8-5-13/h3-5,7-9,12H,6,10H2,1-2H3. The van der Waals surface area contributed by atoms with Crippen LogP contribution in [0.3, 0.4) is 0 Å². The first-order valence-corrected chi connectivity index (χ1v) is 7.45. The quantitative estimate of drug-likeness (QED) is 0.690. The fourth-order valence-corrected chi connectivity index (χ4v) is 2.64. The number of hydrogen-bond acceptors (Lipinski definition) is 3. The van der Waals surface area contributed by atoms with Gasteiger partial charge in [0, 0.05) is 25.1 Å². The summed E-state index contributed by atoms with van der Waals surface area (Å²) < 4.78 is 2.13. The van der Waals surface area contributed by atoms with Crippen LogP contribution in [0.5, 0.6) is 0 Å². The summed E-state index contributed by atoms with van der Waals surface area (Å²) in [4.78, 5) is 13.2. The average Bonchev–Trinajstić information content (AvgIpc) is 2.87. The number of nitrogens with zero attached hydrogens (tertiary/aromatic N) is 4. The van der Waals surface area contributed by atoms with Crippen molar-refractivity contribution in [2.75, 3.05) is 0 Å². The molecule has 5 heteroatoms. The van der Waals surface area contributed by atoms with Crippen LogP contribution in [0.25, 0.3) is 11.2 Å². The van der Waals surface area contributed by atoms with E-state index in [2.05, 4.69) is 19.5 Å². The van der Waals surface area contributed by atoms with Crippen molar-refractivity contribution in [2.45, 2.75) is 32.2 Å². The van der Waals surface area contributed by atoms with Gasteiger partial charge in [-0.05, 0) is 49.6 Å². The molecule has 21 heavy (non-hydrogen) atoms. The van der Waals surface area contributed by atoms with Crippen molar-refractivity contribution in [1.82, 2.24) is 19.5 Å². The second-order valence-corrected chi connectivity index (χ2v) is 5.80. The van der Waals surface area contributed by atoms with Crippen molar-refractivity contribution in [3.05, 3.63) is 53.7 Å². The van der Waals surface area contributed by atoms with Gasteiger partial charge in [-0.1, -0.05) is 0 Å². The Bertz CT molecular complexity index is 750. The topological polar surface area (TPSA) is 43.6 Å². The van der Waals surface area contributed by atoms with Crippen molar-refractivity contribution in [2.24, 2.45) is 0 Å². The number of hydrogen-bond donors (Lipinski definition) is 0. The number of imidazole rings is 1. The molecule has 0 aromatic carbocycles. The SMILES string of the molecule is Cc1ccnc2c1nc(C(C)Cl)n2CCc1ccncc1. The van der Waals surface area contributed by atoms with E-state index in [0.717, 1.165) is 35.5 Å². The average molecular weight is 301 g/mol. The fraction of sp³-hybridized carbons (Fsp3) is 0.312.